The number of fused-ring (bicyclic) bond motifs is 1. The molecule has 92 valence electrons. The van der Waals surface area contributed by atoms with E-state index in [1.165, 1.54) is 12.8 Å². The van der Waals surface area contributed by atoms with Crippen molar-refractivity contribution >= 4 is 5.78 Å². The molecule has 0 radical (unpaired) electrons. The van der Waals surface area contributed by atoms with Crippen molar-refractivity contribution in [2.45, 2.75) is 53.4 Å². The van der Waals surface area contributed by atoms with Gasteiger partial charge < -0.3 is 0 Å². The van der Waals surface area contributed by atoms with Gasteiger partial charge in [-0.1, -0.05) is 33.1 Å². The van der Waals surface area contributed by atoms with Crippen LogP contribution in [-0.4, -0.2) is 5.78 Å². The van der Waals surface area contributed by atoms with Gasteiger partial charge in [0.15, 0.2) is 5.78 Å². The molecule has 0 aromatic carbocycles. The lowest BCUT2D eigenvalue weighted by Gasteiger charge is -2.53. The van der Waals surface area contributed by atoms with Crippen LogP contribution in [0.15, 0.2) is 11.1 Å². The second-order valence-corrected chi connectivity index (χ2v) is 6.58. The Morgan fingerprint density at radius 3 is 2.53 bits per heavy atom. The third-order valence-electron chi connectivity index (χ3n) is 5.13. The van der Waals surface area contributed by atoms with E-state index in [0.29, 0.717) is 12.3 Å². The van der Waals surface area contributed by atoms with Gasteiger partial charge in [0.05, 0.1) is 0 Å². The lowest BCUT2D eigenvalue weighted by molar-refractivity contribution is -0.121. The fourth-order valence-electron chi connectivity index (χ4n) is 4.10. The molecule has 0 aromatic heterocycles. The highest BCUT2D eigenvalue weighted by atomic mass is 16.1. The average Bonchev–Trinajstić information content (AvgIpc) is 2.22. The maximum Gasteiger partial charge on any atom is 0.159 e. The molecule has 1 heteroatoms. The zero-order valence-electron chi connectivity index (χ0n) is 11.4. The molecule has 2 atom stereocenters. The molecule has 1 nitrogen and oxygen atoms in total. The van der Waals surface area contributed by atoms with Crippen molar-refractivity contribution in [2.24, 2.45) is 16.7 Å². The summed E-state index contributed by atoms with van der Waals surface area (Å²) >= 11 is 0. The van der Waals surface area contributed by atoms with Crippen LogP contribution in [0.3, 0.4) is 0 Å². The summed E-state index contributed by atoms with van der Waals surface area (Å²) in [6.07, 6.45) is 9.91. The molecule has 0 bridgehead atoms. The molecule has 1 fully saturated rings. The number of hydrogen-bond acceptors (Lipinski definition) is 1. The summed E-state index contributed by atoms with van der Waals surface area (Å²) in [6.45, 7) is 8.75. The topological polar surface area (TPSA) is 17.1 Å². The highest BCUT2D eigenvalue weighted by Gasteiger charge is 2.51. The number of carbonyl (C=O) groups is 1. The third kappa shape index (κ3) is 1.66. The summed E-state index contributed by atoms with van der Waals surface area (Å²) in [6, 6.07) is 0. The van der Waals surface area contributed by atoms with Crippen molar-refractivity contribution in [1.29, 1.82) is 0 Å². The van der Waals surface area contributed by atoms with E-state index in [1.807, 2.05) is 6.92 Å². The van der Waals surface area contributed by atoms with Crippen LogP contribution in [0.25, 0.3) is 0 Å². The first-order valence-electron chi connectivity index (χ1n) is 6.54. The fourth-order valence-corrected chi connectivity index (χ4v) is 4.10. The van der Waals surface area contributed by atoms with Crippen LogP contribution in [0.1, 0.15) is 53.4 Å². The summed E-state index contributed by atoms with van der Waals surface area (Å²) in [5, 5.41) is 0. The van der Waals surface area contributed by atoms with Crippen molar-refractivity contribution in [1.82, 2.24) is 0 Å². The first-order valence-corrected chi connectivity index (χ1v) is 6.54. The Morgan fingerprint density at radius 2 is 1.94 bits per heavy atom. The minimum atomic E-state index is 0.0501. The van der Waals surface area contributed by atoms with Crippen LogP contribution >= 0.6 is 0 Å². The van der Waals surface area contributed by atoms with Crippen LogP contribution < -0.4 is 0 Å². The molecule has 0 spiro atoms. The van der Waals surface area contributed by atoms with Gasteiger partial charge in [0.25, 0.3) is 0 Å². The molecule has 0 aliphatic heterocycles. The Bertz CT molecular complexity index is 433. The smallest absolute Gasteiger partial charge is 0.159 e. The molecule has 1 saturated carbocycles. The molecule has 0 heterocycles. The Morgan fingerprint density at radius 1 is 1.29 bits per heavy atom. The van der Waals surface area contributed by atoms with Gasteiger partial charge in [0, 0.05) is 23.0 Å². The molecule has 0 unspecified atom stereocenters. The highest BCUT2D eigenvalue weighted by molar-refractivity contribution is 5.98. The SMILES string of the molecule is C#CC1=C(C)C(=O)C[C@H]2C(C)(C)CCC[C@]12C. The highest BCUT2D eigenvalue weighted by Crippen LogP contribution is 2.58. The number of hydrogen-bond donors (Lipinski definition) is 0. The van der Waals surface area contributed by atoms with Crippen LogP contribution in [0.5, 0.6) is 0 Å². The van der Waals surface area contributed by atoms with E-state index in [1.54, 1.807) is 0 Å². The third-order valence-corrected chi connectivity index (χ3v) is 5.13. The number of rotatable bonds is 0. The monoisotopic (exact) mass is 230 g/mol. The van der Waals surface area contributed by atoms with Crippen LogP contribution in [0, 0.1) is 29.1 Å². The van der Waals surface area contributed by atoms with Crippen LogP contribution in [0.4, 0.5) is 0 Å². The summed E-state index contributed by atoms with van der Waals surface area (Å²) in [4.78, 5) is 12.1. The first kappa shape index (κ1) is 12.4. The standard InChI is InChI=1S/C16H22O/c1-6-12-11(2)13(17)10-14-15(3,4)8-7-9-16(12,14)5/h1,14H,7-10H2,2-5H3/t14-,16+/m0/s1. The predicted molar refractivity (Wildman–Crippen MR) is 70.4 cm³/mol. The van der Waals surface area contributed by atoms with Crippen molar-refractivity contribution < 1.29 is 4.79 Å². The Hall–Kier alpha value is -1.03. The normalized spacial score (nSPS) is 36.4. The molecular weight excluding hydrogens is 208 g/mol. The summed E-state index contributed by atoms with van der Waals surface area (Å²) in [7, 11) is 0. The summed E-state index contributed by atoms with van der Waals surface area (Å²) in [5.41, 5.74) is 2.09. The first-order chi connectivity index (χ1) is 7.83. The number of terminal acetylenes is 1. The molecule has 17 heavy (non-hydrogen) atoms. The number of allylic oxidation sites excluding steroid dienone is 2. The molecule has 0 saturated heterocycles. The van der Waals surface area contributed by atoms with Gasteiger partial charge >= 0.3 is 0 Å². The largest absolute Gasteiger partial charge is 0.295 e. The molecular formula is C16H22O. The number of carbonyl (C=O) groups excluding carboxylic acids is 1. The number of Topliss-reactive ketones (excluding diaryl/α,β-unsaturated/α-hetero) is 1. The van der Waals surface area contributed by atoms with Gasteiger partial charge in [-0.05, 0) is 31.1 Å². The molecule has 0 N–H and O–H groups in total. The van der Waals surface area contributed by atoms with Crippen molar-refractivity contribution in [3.05, 3.63) is 11.1 Å². The van der Waals surface area contributed by atoms with Gasteiger partial charge in [0.2, 0.25) is 0 Å². The molecule has 0 amide bonds. The maximum atomic E-state index is 12.1. The molecule has 2 aliphatic rings. The maximum absolute atomic E-state index is 12.1. The summed E-state index contributed by atoms with van der Waals surface area (Å²) in [5.74, 6) is 3.49. The van der Waals surface area contributed by atoms with E-state index in [4.69, 9.17) is 6.42 Å². The Balaban J connectivity index is 2.57. The van der Waals surface area contributed by atoms with E-state index in [0.717, 1.165) is 17.6 Å². The predicted octanol–water partition coefficient (Wildman–Crippen LogP) is 3.74. The fraction of sp³-hybridized carbons (Fsp3) is 0.688. The minimum absolute atomic E-state index is 0.0501. The Kier molecular flexibility index (Phi) is 2.73. The van der Waals surface area contributed by atoms with E-state index in [-0.39, 0.29) is 16.6 Å². The Labute approximate surface area is 105 Å². The quantitative estimate of drug-likeness (QED) is 0.579. The lowest BCUT2D eigenvalue weighted by atomic mass is 9.50. The minimum Gasteiger partial charge on any atom is -0.295 e. The van der Waals surface area contributed by atoms with Gasteiger partial charge in [-0.25, -0.2) is 0 Å². The second-order valence-electron chi connectivity index (χ2n) is 6.58. The second kappa shape index (κ2) is 3.73. The van der Waals surface area contributed by atoms with E-state index >= 15 is 0 Å². The van der Waals surface area contributed by atoms with Crippen LogP contribution in [0.2, 0.25) is 0 Å². The van der Waals surface area contributed by atoms with Gasteiger partial charge in [-0.15, -0.1) is 6.42 Å². The summed E-state index contributed by atoms with van der Waals surface area (Å²) < 4.78 is 0. The van der Waals surface area contributed by atoms with Crippen molar-refractivity contribution in [3.63, 3.8) is 0 Å². The van der Waals surface area contributed by atoms with Crippen molar-refractivity contribution in [2.75, 3.05) is 0 Å². The molecule has 2 aliphatic carbocycles. The van der Waals surface area contributed by atoms with Gasteiger partial charge in [-0.2, -0.15) is 0 Å². The zero-order chi connectivity index (χ0) is 12.8. The zero-order valence-corrected chi connectivity index (χ0v) is 11.4. The lowest BCUT2D eigenvalue weighted by Crippen LogP contribution is -2.47. The van der Waals surface area contributed by atoms with E-state index < -0.39 is 0 Å². The van der Waals surface area contributed by atoms with E-state index in [2.05, 4.69) is 26.7 Å². The van der Waals surface area contributed by atoms with Crippen molar-refractivity contribution in [3.8, 4) is 12.3 Å². The molecule has 2 rings (SSSR count). The number of ketones is 1. The van der Waals surface area contributed by atoms with Gasteiger partial charge in [-0.3, -0.25) is 4.79 Å². The molecule has 0 aromatic rings. The average molecular weight is 230 g/mol. The van der Waals surface area contributed by atoms with E-state index in [9.17, 15) is 4.79 Å². The van der Waals surface area contributed by atoms with Crippen LogP contribution in [-0.2, 0) is 4.79 Å². The van der Waals surface area contributed by atoms with Gasteiger partial charge in [0.1, 0.15) is 0 Å².